The number of carbonyl (C=O) groups excluding carboxylic acids is 1. The highest BCUT2D eigenvalue weighted by molar-refractivity contribution is 5.93. The average Bonchev–Trinajstić information content (AvgIpc) is 2.58. The van der Waals surface area contributed by atoms with Crippen LogP contribution in [0.4, 0.5) is 0 Å². The van der Waals surface area contributed by atoms with Gasteiger partial charge < -0.3 is 5.11 Å². The van der Waals surface area contributed by atoms with Crippen LogP contribution in [0.25, 0.3) is 0 Å². The van der Waals surface area contributed by atoms with E-state index < -0.39 is 5.97 Å². The van der Waals surface area contributed by atoms with Crippen molar-refractivity contribution in [3.8, 4) is 0 Å². The Morgan fingerprint density at radius 2 is 1.28 bits per heavy atom. The Morgan fingerprint density at radius 1 is 0.840 bits per heavy atom. The van der Waals surface area contributed by atoms with Gasteiger partial charge in [0.15, 0.2) is 0 Å². The molecule has 2 rings (SSSR count). The van der Waals surface area contributed by atoms with Crippen molar-refractivity contribution in [1.82, 2.24) is 10.9 Å². The molecule has 2 aromatic carbocycles. The Hall–Kier alpha value is -2.66. The summed E-state index contributed by atoms with van der Waals surface area (Å²) in [6.45, 7) is 5.91. The van der Waals surface area contributed by atoms with Crippen LogP contribution < -0.4 is 10.9 Å². The number of hydrazine groups is 1. The lowest BCUT2D eigenvalue weighted by atomic mass is 10.0. The summed E-state index contributed by atoms with van der Waals surface area (Å²) < 4.78 is 0. The summed E-state index contributed by atoms with van der Waals surface area (Å²) in [7, 11) is 0. The van der Waals surface area contributed by atoms with Crippen molar-refractivity contribution in [3.63, 3.8) is 0 Å². The van der Waals surface area contributed by atoms with E-state index in [2.05, 4.69) is 10.9 Å². The van der Waals surface area contributed by atoms with Gasteiger partial charge in [-0.15, -0.1) is 0 Å². The summed E-state index contributed by atoms with van der Waals surface area (Å²) in [6, 6.07) is 14.4. The van der Waals surface area contributed by atoms with Gasteiger partial charge in [0, 0.05) is 11.1 Å². The van der Waals surface area contributed by atoms with E-state index in [0.29, 0.717) is 11.1 Å². The molecule has 0 unspecified atom stereocenters. The Kier molecular flexibility index (Phi) is 5.93. The minimum Gasteiger partial charge on any atom is -0.478 e. The largest absolute Gasteiger partial charge is 0.478 e. The van der Waals surface area contributed by atoms with Crippen LogP contribution in [0.5, 0.6) is 0 Å². The number of rotatable bonds is 6. The molecule has 132 valence electrons. The van der Waals surface area contributed by atoms with Gasteiger partial charge in [-0.1, -0.05) is 24.3 Å². The summed E-state index contributed by atoms with van der Waals surface area (Å²) >= 11 is 0. The monoisotopic (exact) mass is 340 g/mol. The normalized spacial score (nSPS) is 11.2. The summed E-state index contributed by atoms with van der Waals surface area (Å²) in [6.07, 6.45) is 1.64. The summed E-state index contributed by atoms with van der Waals surface area (Å²) in [4.78, 5) is 22.9. The third-order valence-electron chi connectivity index (χ3n) is 3.67. The van der Waals surface area contributed by atoms with Gasteiger partial charge in [-0.05, 0) is 69.0 Å². The number of nitrogens with one attached hydrogen (secondary N) is 2. The number of carboxylic acids is 1. The van der Waals surface area contributed by atoms with Crippen LogP contribution in [0, 0.1) is 0 Å². The third kappa shape index (κ3) is 6.04. The second kappa shape index (κ2) is 7.94. The minimum absolute atomic E-state index is 0.161. The van der Waals surface area contributed by atoms with Crippen molar-refractivity contribution < 1.29 is 14.7 Å². The molecule has 5 heteroatoms. The van der Waals surface area contributed by atoms with Crippen LogP contribution in [0.15, 0.2) is 48.5 Å². The Balaban J connectivity index is 1.89. The zero-order chi connectivity index (χ0) is 18.4. The molecular formula is C20H24N2O3. The number of aryl methyl sites for hydroxylation is 2. The highest BCUT2D eigenvalue weighted by Crippen LogP contribution is 2.11. The van der Waals surface area contributed by atoms with Gasteiger partial charge >= 0.3 is 5.97 Å². The molecule has 2 aromatic rings. The first-order valence-corrected chi connectivity index (χ1v) is 8.23. The van der Waals surface area contributed by atoms with Gasteiger partial charge in [-0.2, -0.15) is 0 Å². The van der Waals surface area contributed by atoms with Crippen LogP contribution >= 0.6 is 0 Å². The summed E-state index contributed by atoms with van der Waals surface area (Å²) in [5.41, 5.74) is 8.57. The number of amides is 1. The lowest BCUT2D eigenvalue weighted by Crippen LogP contribution is -2.48. The molecule has 0 spiro atoms. The summed E-state index contributed by atoms with van der Waals surface area (Å²) in [5, 5.41) is 8.90. The fourth-order valence-corrected chi connectivity index (χ4v) is 2.24. The molecule has 0 aliphatic carbocycles. The number of aromatic carboxylic acids is 1. The zero-order valence-corrected chi connectivity index (χ0v) is 14.8. The SMILES string of the molecule is CC(C)(C)NNC(=O)c1ccc(CCc2ccc(C(=O)O)cc2)cc1. The molecule has 1 amide bonds. The van der Waals surface area contributed by atoms with Gasteiger partial charge in [0.25, 0.3) is 5.91 Å². The van der Waals surface area contributed by atoms with E-state index >= 15 is 0 Å². The molecule has 0 aromatic heterocycles. The molecule has 0 aliphatic heterocycles. The second-order valence-electron chi connectivity index (χ2n) is 7.03. The van der Waals surface area contributed by atoms with E-state index in [0.717, 1.165) is 24.0 Å². The van der Waals surface area contributed by atoms with Crippen molar-refractivity contribution in [1.29, 1.82) is 0 Å². The Bertz CT molecular complexity index is 729. The van der Waals surface area contributed by atoms with Gasteiger partial charge in [-0.3, -0.25) is 10.2 Å². The third-order valence-corrected chi connectivity index (χ3v) is 3.67. The lowest BCUT2D eigenvalue weighted by Gasteiger charge is -2.20. The first kappa shape index (κ1) is 18.7. The molecular weight excluding hydrogens is 316 g/mol. The van der Waals surface area contributed by atoms with Gasteiger partial charge in [0.1, 0.15) is 0 Å². The molecule has 0 fully saturated rings. The first-order valence-electron chi connectivity index (χ1n) is 8.23. The van der Waals surface area contributed by atoms with Gasteiger partial charge in [-0.25, -0.2) is 10.2 Å². The fourth-order valence-electron chi connectivity index (χ4n) is 2.24. The fraction of sp³-hybridized carbons (Fsp3) is 0.300. The van der Waals surface area contributed by atoms with Crippen molar-refractivity contribution in [2.24, 2.45) is 0 Å². The maximum absolute atomic E-state index is 12.0. The molecule has 3 N–H and O–H groups in total. The molecule has 0 radical (unpaired) electrons. The second-order valence-corrected chi connectivity index (χ2v) is 7.03. The predicted molar refractivity (Wildman–Crippen MR) is 97.6 cm³/mol. The molecule has 0 saturated carbocycles. The van der Waals surface area contributed by atoms with Crippen LogP contribution in [0.3, 0.4) is 0 Å². The number of benzene rings is 2. The predicted octanol–water partition coefficient (Wildman–Crippen LogP) is 3.20. The Morgan fingerprint density at radius 3 is 1.68 bits per heavy atom. The van der Waals surface area contributed by atoms with E-state index in [1.54, 1.807) is 12.1 Å². The highest BCUT2D eigenvalue weighted by atomic mass is 16.4. The van der Waals surface area contributed by atoms with E-state index in [4.69, 9.17) is 5.11 Å². The Labute approximate surface area is 148 Å². The number of carboxylic acid groups (broad SMARTS) is 1. The maximum Gasteiger partial charge on any atom is 0.335 e. The van der Waals surface area contributed by atoms with E-state index in [1.807, 2.05) is 57.2 Å². The van der Waals surface area contributed by atoms with Crippen molar-refractivity contribution in [3.05, 3.63) is 70.8 Å². The van der Waals surface area contributed by atoms with Crippen LogP contribution in [-0.2, 0) is 12.8 Å². The topological polar surface area (TPSA) is 78.4 Å². The van der Waals surface area contributed by atoms with Gasteiger partial charge in [0.2, 0.25) is 0 Å². The quantitative estimate of drug-likeness (QED) is 0.706. The number of carbonyl (C=O) groups is 2. The van der Waals surface area contributed by atoms with E-state index in [1.165, 1.54) is 0 Å². The van der Waals surface area contributed by atoms with Gasteiger partial charge in [0.05, 0.1) is 5.56 Å². The molecule has 25 heavy (non-hydrogen) atoms. The van der Waals surface area contributed by atoms with Crippen LogP contribution in [-0.4, -0.2) is 22.5 Å². The van der Waals surface area contributed by atoms with Crippen molar-refractivity contribution >= 4 is 11.9 Å². The maximum atomic E-state index is 12.0. The molecule has 5 nitrogen and oxygen atoms in total. The standard InChI is InChI=1S/C20H24N2O3/c1-20(2,3)22-21-18(23)16-10-6-14(7-11-16)4-5-15-8-12-17(13-9-15)19(24)25/h6-13,22H,4-5H2,1-3H3,(H,21,23)(H,24,25). The van der Waals surface area contributed by atoms with Crippen molar-refractivity contribution in [2.45, 2.75) is 39.2 Å². The molecule has 0 bridgehead atoms. The first-order chi connectivity index (χ1) is 11.7. The molecule has 0 atom stereocenters. The van der Waals surface area contributed by atoms with E-state index in [-0.39, 0.29) is 11.4 Å². The van der Waals surface area contributed by atoms with Crippen molar-refractivity contribution in [2.75, 3.05) is 0 Å². The smallest absolute Gasteiger partial charge is 0.335 e. The lowest BCUT2D eigenvalue weighted by molar-refractivity contribution is 0.0696. The molecule has 0 aliphatic rings. The molecule has 0 heterocycles. The molecule has 0 saturated heterocycles. The number of hydrogen-bond acceptors (Lipinski definition) is 3. The van der Waals surface area contributed by atoms with E-state index in [9.17, 15) is 9.59 Å². The van der Waals surface area contributed by atoms with Crippen LogP contribution in [0.1, 0.15) is 52.6 Å². The zero-order valence-electron chi connectivity index (χ0n) is 14.8. The van der Waals surface area contributed by atoms with Crippen LogP contribution in [0.2, 0.25) is 0 Å². The highest BCUT2D eigenvalue weighted by Gasteiger charge is 2.11. The summed E-state index contributed by atoms with van der Waals surface area (Å²) in [5.74, 6) is -1.08. The average molecular weight is 340 g/mol. The number of hydrogen-bond donors (Lipinski definition) is 3. The minimum atomic E-state index is -0.915.